The molecule has 0 amide bonds. The van der Waals surface area contributed by atoms with Crippen LogP contribution in [-0.4, -0.2) is 29.9 Å². The molecule has 0 spiro atoms. The summed E-state index contributed by atoms with van der Waals surface area (Å²) in [7, 11) is 0. The van der Waals surface area contributed by atoms with Crippen LogP contribution in [-0.2, 0) is 0 Å². The van der Waals surface area contributed by atoms with Crippen LogP contribution in [0.3, 0.4) is 0 Å². The highest BCUT2D eigenvalue weighted by molar-refractivity contribution is 7.26. The summed E-state index contributed by atoms with van der Waals surface area (Å²) in [5.74, 6) is 3.84. The topological polar surface area (TPSA) is 77.3 Å². The lowest BCUT2D eigenvalue weighted by molar-refractivity contribution is 1.07. The first-order chi connectivity index (χ1) is 27.7. The Balaban J connectivity index is 1.08. The predicted octanol–water partition coefficient (Wildman–Crippen LogP) is 12.8. The molecule has 0 bridgehead atoms. The van der Waals surface area contributed by atoms with Crippen LogP contribution in [0.25, 0.3) is 109 Å². The second-order valence-electron chi connectivity index (χ2n) is 13.5. The number of hydrogen-bond acceptors (Lipinski definition) is 8. The van der Waals surface area contributed by atoms with Crippen LogP contribution in [0.15, 0.2) is 170 Å². The van der Waals surface area contributed by atoms with Crippen molar-refractivity contribution in [1.82, 2.24) is 29.9 Å². The third-order valence-electron chi connectivity index (χ3n) is 10.0. The summed E-state index contributed by atoms with van der Waals surface area (Å²) in [6.45, 7) is 0. The number of thiophene rings is 2. The van der Waals surface area contributed by atoms with Gasteiger partial charge in [-0.25, -0.2) is 29.9 Å². The Kier molecular flexibility index (Phi) is 7.75. The molecule has 0 saturated carbocycles. The molecule has 0 saturated heterocycles. The first-order valence-electron chi connectivity index (χ1n) is 18.3. The summed E-state index contributed by atoms with van der Waals surface area (Å²) in [6.07, 6.45) is 0. The minimum Gasteiger partial charge on any atom is -0.208 e. The van der Waals surface area contributed by atoms with Gasteiger partial charge in [0.15, 0.2) is 34.9 Å². The van der Waals surface area contributed by atoms with Gasteiger partial charge in [-0.2, -0.15) is 0 Å². The van der Waals surface area contributed by atoms with Gasteiger partial charge in [0.2, 0.25) is 0 Å². The van der Waals surface area contributed by atoms with E-state index in [4.69, 9.17) is 29.9 Å². The van der Waals surface area contributed by atoms with Gasteiger partial charge in [-0.3, -0.25) is 0 Å². The van der Waals surface area contributed by atoms with Crippen LogP contribution in [0, 0.1) is 0 Å². The molecule has 0 fully saturated rings. The molecular weight excluding hydrogens is 725 g/mol. The first kappa shape index (κ1) is 32.4. The highest BCUT2D eigenvalue weighted by atomic mass is 32.1. The molecule has 8 heteroatoms. The molecular formula is C48H28N6S2. The number of rotatable bonds is 6. The van der Waals surface area contributed by atoms with Gasteiger partial charge in [0.25, 0.3) is 0 Å². The fourth-order valence-corrected chi connectivity index (χ4v) is 9.77. The van der Waals surface area contributed by atoms with E-state index in [1.54, 1.807) is 22.7 Å². The van der Waals surface area contributed by atoms with E-state index < -0.39 is 0 Å². The summed E-state index contributed by atoms with van der Waals surface area (Å²) in [6, 6.07) is 58.2. The van der Waals surface area contributed by atoms with Gasteiger partial charge < -0.3 is 0 Å². The minimum absolute atomic E-state index is 0.627. The van der Waals surface area contributed by atoms with Gasteiger partial charge in [0.1, 0.15) is 0 Å². The molecule has 0 radical (unpaired) electrons. The quantitative estimate of drug-likeness (QED) is 0.168. The molecule has 6 nitrogen and oxygen atoms in total. The number of aromatic nitrogens is 6. The van der Waals surface area contributed by atoms with Gasteiger partial charge in [0, 0.05) is 73.7 Å². The van der Waals surface area contributed by atoms with Gasteiger partial charge in [-0.05, 0) is 24.3 Å². The number of hydrogen-bond donors (Lipinski definition) is 0. The Hall–Kier alpha value is -7.00. The number of benzene rings is 7. The van der Waals surface area contributed by atoms with Crippen molar-refractivity contribution in [2.45, 2.75) is 0 Å². The van der Waals surface area contributed by atoms with Gasteiger partial charge >= 0.3 is 0 Å². The highest BCUT2D eigenvalue weighted by Crippen LogP contribution is 2.43. The van der Waals surface area contributed by atoms with E-state index in [-0.39, 0.29) is 0 Å². The molecule has 7 aromatic carbocycles. The van der Waals surface area contributed by atoms with E-state index >= 15 is 0 Å². The fraction of sp³-hybridized carbons (Fsp3) is 0. The predicted molar refractivity (Wildman–Crippen MR) is 232 cm³/mol. The van der Waals surface area contributed by atoms with Crippen LogP contribution in [0.1, 0.15) is 0 Å². The van der Waals surface area contributed by atoms with Crippen molar-refractivity contribution in [3.8, 4) is 68.3 Å². The number of fused-ring (bicyclic) bond motifs is 6. The molecule has 4 aromatic heterocycles. The standard InChI is InChI=1S/C48H28N6S2/c1-4-14-29(15-5-1)43-49-44(30-16-6-2-7-17-30)51-46(50-43)32-26-27-34-36-22-13-24-38(42(36)56-40(34)28-32)48-53-45(31-18-8-3-9-19-31)52-47(54-48)37-23-12-21-35-33-20-10-11-25-39(33)55-41(35)37/h1-28H. The molecule has 262 valence electrons. The molecule has 56 heavy (non-hydrogen) atoms. The van der Waals surface area contributed by atoms with Gasteiger partial charge in [-0.1, -0.05) is 146 Å². The van der Waals surface area contributed by atoms with Crippen LogP contribution in [0.4, 0.5) is 0 Å². The normalized spacial score (nSPS) is 11.6. The van der Waals surface area contributed by atoms with E-state index in [1.807, 2.05) is 78.9 Å². The second kappa shape index (κ2) is 13.4. The summed E-state index contributed by atoms with van der Waals surface area (Å²) in [5.41, 5.74) is 5.71. The Labute approximate surface area is 329 Å². The highest BCUT2D eigenvalue weighted by Gasteiger charge is 2.20. The summed E-state index contributed by atoms with van der Waals surface area (Å²) < 4.78 is 4.65. The SMILES string of the molecule is c1ccc(-c2nc(-c3ccccc3)nc(-c3ccc4c(c3)sc3c(-c5nc(-c6ccccc6)nc(-c6cccc7c6sc6ccccc67)n5)cccc34)n2)cc1. The first-order valence-corrected chi connectivity index (χ1v) is 19.9. The van der Waals surface area contributed by atoms with Crippen molar-refractivity contribution in [1.29, 1.82) is 0 Å². The molecule has 0 aliphatic heterocycles. The maximum atomic E-state index is 5.25. The third kappa shape index (κ3) is 5.62. The van der Waals surface area contributed by atoms with E-state index in [9.17, 15) is 0 Å². The second-order valence-corrected chi connectivity index (χ2v) is 15.6. The Morgan fingerprint density at radius 1 is 0.268 bits per heavy atom. The van der Waals surface area contributed by atoms with Crippen molar-refractivity contribution >= 4 is 63.0 Å². The lowest BCUT2D eigenvalue weighted by Gasteiger charge is -2.09. The van der Waals surface area contributed by atoms with Crippen LogP contribution < -0.4 is 0 Å². The third-order valence-corrected chi connectivity index (χ3v) is 12.4. The lowest BCUT2D eigenvalue weighted by Crippen LogP contribution is -2.00. The molecule has 0 unspecified atom stereocenters. The van der Waals surface area contributed by atoms with Crippen LogP contribution in [0.5, 0.6) is 0 Å². The Morgan fingerprint density at radius 2 is 0.661 bits per heavy atom. The smallest absolute Gasteiger partial charge is 0.165 e. The monoisotopic (exact) mass is 752 g/mol. The Bertz CT molecular complexity index is 3190. The van der Waals surface area contributed by atoms with Crippen molar-refractivity contribution < 1.29 is 0 Å². The molecule has 11 aromatic rings. The average Bonchev–Trinajstić information content (AvgIpc) is 3.85. The molecule has 4 heterocycles. The van der Waals surface area contributed by atoms with E-state index in [2.05, 4.69) is 91.0 Å². The molecule has 0 atom stereocenters. The summed E-state index contributed by atoms with van der Waals surface area (Å²) >= 11 is 3.51. The fourth-order valence-electron chi connectivity index (χ4n) is 7.31. The van der Waals surface area contributed by atoms with Gasteiger partial charge in [-0.15, -0.1) is 22.7 Å². The zero-order valence-electron chi connectivity index (χ0n) is 29.7. The van der Waals surface area contributed by atoms with Crippen molar-refractivity contribution in [3.63, 3.8) is 0 Å². The van der Waals surface area contributed by atoms with E-state index in [0.29, 0.717) is 34.9 Å². The molecule has 0 aliphatic rings. The summed E-state index contributed by atoms with van der Waals surface area (Å²) in [4.78, 5) is 30.4. The van der Waals surface area contributed by atoms with Crippen molar-refractivity contribution in [2.75, 3.05) is 0 Å². The largest absolute Gasteiger partial charge is 0.208 e. The zero-order valence-corrected chi connectivity index (χ0v) is 31.3. The summed E-state index contributed by atoms with van der Waals surface area (Å²) in [5, 5.41) is 4.75. The zero-order chi connectivity index (χ0) is 37.0. The molecule has 11 rings (SSSR count). The van der Waals surface area contributed by atoms with Crippen LogP contribution >= 0.6 is 22.7 Å². The maximum Gasteiger partial charge on any atom is 0.165 e. The van der Waals surface area contributed by atoms with Crippen LogP contribution in [0.2, 0.25) is 0 Å². The van der Waals surface area contributed by atoms with Crippen molar-refractivity contribution in [3.05, 3.63) is 170 Å². The lowest BCUT2D eigenvalue weighted by atomic mass is 10.1. The Morgan fingerprint density at radius 3 is 1.20 bits per heavy atom. The average molecular weight is 753 g/mol. The minimum atomic E-state index is 0.627. The molecule has 0 aliphatic carbocycles. The van der Waals surface area contributed by atoms with E-state index in [0.717, 1.165) is 53.6 Å². The molecule has 0 N–H and O–H groups in total. The van der Waals surface area contributed by atoms with Gasteiger partial charge in [0.05, 0.1) is 0 Å². The maximum absolute atomic E-state index is 5.25. The number of nitrogens with zero attached hydrogens (tertiary/aromatic N) is 6. The van der Waals surface area contributed by atoms with E-state index in [1.165, 1.54) is 20.2 Å². The van der Waals surface area contributed by atoms with Crippen molar-refractivity contribution in [2.24, 2.45) is 0 Å².